The van der Waals surface area contributed by atoms with Crippen molar-refractivity contribution in [3.63, 3.8) is 0 Å². The van der Waals surface area contributed by atoms with Gasteiger partial charge in [0.15, 0.2) is 0 Å². The van der Waals surface area contributed by atoms with E-state index in [1.807, 2.05) is 4.68 Å². The molecule has 0 aliphatic heterocycles. The van der Waals surface area contributed by atoms with Gasteiger partial charge in [-0.25, -0.2) is 9.36 Å². The van der Waals surface area contributed by atoms with E-state index in [9.17, 15) is 0 Å². The second-order valence-electron chi connectivity index (χ2n) is 6.42. The van der Waals surface area contributed by atoms with Crippen molar-refractivity contribution in [2.45, 2.75) is 90.1 Å². The maximum atomic E-state index is 4.09. The first-order valence-corrected chi connectivity index (χ1v) is 9.33. The molecule has 2 heterocycles. The van der Waals surface area contributed by atoms with Crippen molar-refractivity contribution >= 4 is 0 Å². The Balaban J connectivity index is 1.62. The molecule has 0 aromatic carbocycles. The Hall–Kier alpha value is -1.86. The summed E-state index contributed by atoms with van der Waals surface area (Å²) in [5.41, 5.74) is 0. The number of hydrogen-bond acceptors (Lipinski definition) is 6. The van der Waals surface area contributed by atoms with Crippen LogP contribution in [0.4, 0.5) is 0 Å². The summed E-state index contributed by atoms with van der Waals surface area (Å²) in [4.78, 5) is 0. The Labute approximate surface area is 144 Å². The Morgan fingerprint density at radius 2 is 1.42 bits per heavy atom. The van der Waals surface area contributed by atoms with Crippen molar-refractivity contribution in [1.29, 1.82) is 0 Å². The van der Waals surface area contributed by atoms with E-state index < -0.39 is 0 Å². The molecule has 24 heavy (non-hydrogen) atoms. The van der Waals surface area contributed by atoms with Gasteiger partial charge in [-0.3, -0.25) is 0 Å². The van der Waals surface area contributed by atoms with Gasteiger partial charge in [0.25, 0.3) is 0 Å². The van der Waals surface area contributed by atoms with Crippen LogP contribution in [0.25, 0.3) is 0 Å². The second-order valence-corrected chi connectivity index (χ2v) is 6.42. The van der Waals surface area contributed by atoms with E-state index in [0.717, 1.165) is 25.8 Å². The van der Waals surface area contributed by atoms with Crippen LogP contribution in [0.5, 0.6) is 0 Å². The molecule has 2 aromatic rings. The SMILES string of the molecule is CCCCCCCCCCC(CCCn1cnnn1)n1cnnn1. The molecule has 1 atom stereocenters. The third-order valence-electron chi connectivity index (χ3n) is 4.45. The minimum absolute atomic E-state index is 0.372. The highest BCUT2D eigenvalue weighted by Gasteiger charge is 2.12. The lowest BCUT2D eigenvalue weighted by Gasteiger charge is -2.16. The summed E-state index contributed by atoms with van der Waals surface area (Å²) in [6.45, 7) is 3.10. The summed E-state index contributed by atoms with van der Waals surface area (Å²) in [6.07, 6.45) is 17.3. The molecule has 0 bridgehead atoms. The molecule has 0 amide bonds. The Morgan fingerprint density at radius 3 is 2.08 bits per heavy atom. The van der Waals surface area contributed by atoms with Gasteiger partial charge in [0, 0.05) is 6.54 Å². The van der Waals surface area contributed by atoms with Gasteiger partial charge in [-0.05, 0) is 40.1 Å². The van der Waals surface area contributed by atoms with E-state index in [-0.39, 0.29) is 0 Å². The molecule has 8 nitrogen and oxygen atoms in total. The van der Waals surface area contributed by atoms with Crippen LogP contribution in [0.1, 0.15) is 83.6 Å². The van der Waals surface area contributed by atoms with Crippen LogP contribution in [-0.4, -0.2) is 40.4 Å². The predicted octanol–water partition coefficient (Wildman–Crippen LogP) is 3.21. The van der Waals surface area contributed by atoms with E-state index in [2.05, 4.69) is 38.0 Å². The summed E-state index contributed by atoms with van der Waals surface area (Å²) in [7, 11) is 0. The summed E-state index contributed by atoms with van der Waals surface area (Å²) >= 11 is 0. The zero-order valence-electron chi connectivity index (χ0n) is 14.8. The molecule has 8 heteroatoms. The van der Waals surface area contributed by atoms with Gasteiger partial charge < -0.3 is 0 Å². The van der Waals surface area contributed by atoms with Crippen molar-refractivity contribution < 1.29 is 0 Å². The number of tetrazole rings is 2. The summed E-state index contributed by atoms with van der Waals surface area (Å²) in [5.74, 6) is 0. The summed E-state index contributed by atoms with van der Waals surface area (Å²) in [6, 6.07) is 0.372. The van der Waals surface area contributed by atoms with Crippen molar-refractivity contribution in [1.82, 2.24) is 40.4 Å². The molecule has 0 spiro atoms. The molecule has 0 N–H and O–H groups in total. The van der Waals surface area contributed by atoms with Crippen LogP contribution in [0.3, 0.4) is 0 Å². The molecule has 0 aliphatic rings. The second kappa shape index (κ2) is 11.6. The molecular formula is C16H30N8. The average molecular weight is 334 g/mol. The molecule has 2 rings (SSSR count). The fourth-order valence-electron chi connectivity index (χ4n) is 3.03. The van der Waals surface area contributed by atoms with Crippen molar-refractivity contribution in [3.05, 3.63) is 12.7 Å². The monoisotopic (exact) mass is 334 g/mol. The van der Waals surface area contributed by atoms with Gasteiger partial charge in [-0.2, -0.15) is 0 Å². The predicted molar refractivity (Wildman–Crippen MR) is 91.1 cm³/mol. The van der Waals surface area contributed by atoms with Gasteiger partial charge >= 0.3 is 0 Å². The molecular weight excluding hydrogens is 304 g/mol. The molecule has 1 unspecified atom stereocenters. The summed E-state index contributed by atoms with van der Waals surface area (Å²) < 4.78 is 3.67. The van der Waals surface area contributed by atoms with E-state index >= 15 is 0 Å². The Kier molecular flexibility index (Phi) is 8.96. The normalized spacial score (nSPS) is 12.5. The minimum Gasteiger partial charge on any atom is -0.233 e. The van der Waals surface area contributed by atoms with Crippen LogP contribution >= 0.6 is 0 Å². The fraction of sp³-hybridized carbons (Fsp3) is 0.875. The van der Waals surface area contributed by atoms with Crippen LogP contribution in [0.2, 0.25) is 0 Å². The van der Waals surface area contributed by atoms with Gasteiger partial charge in [0.1, 0.15) is 12.7 Å². The largest absolute Gasteiger partial charge is 0.233 e. The van der Waals surface area contributed by atoms with Gasteiger partial charge in [-0.15, -0.1) is 10.2 Å². The summed E-state index contributed by atoms with van der Waals surface area (Å²) in [5, 5.41) is 22.9. The third-order valence-corrected chi connectivity index (χ3v) is 4.45. The molecule has 0 aliphatic carbocycles. The van der Waals surface area contributed by atoms with Crippen LogP contribution < -0.4 is 0 Å². The van der Waals surface area contributed by atoms with Gasteiger partial charge in [-0.1, -0.05) is 58.3 Å². The fourth-order valence-corrected chi connectivity index (χ4v) is 3.03. The van der Waals surface area contributed by atoms with E-state index in [1.165, 1.54) is 51.4 Å². The average Bonchev–Trinajstić information content (AvgIpc) is 3.29. The van der Waals surface area contributed by atoms with Crippen LogP contribution in [0.15, 0.2) is 12.7 Å². The van der Waals surface area contributed by atoms with Crippen LogP contribution in [0, 0.1) is 0 Å². The van der Waals surface area contributed by atoms with Gasteiger partial charge in [0.2, 0.25) is 0 Å². The number of rotatable bonds is 14. The lowest BCUT2D eigenvalue weighted by Crippen LogP contribution is -2.12. The Bertz CT molecular complexity index is 496. The number of aryl methyl sites for hydroxylation is 1. The first-order valence-electron chi connectivity index (χ1n) is 9.33. The van der Waals surface area contributed by atoms with E-state index in [0.29, 0.717) is 6.04 Å². The number of aromatic nitrogens is 8. The molecule has 0 fully saturated rings. The maximum absolute atomic E-state index is 4.09. The van der Waals surface area contributed by atoms with Gasteiger partial charge in [0.05, 0.1) is 6.04 Å². The first-order chi connectivity index (χ1) is 11.9. The highest BCUT2D eigenvalue weighted by Crippen LogP contribution is 2.21. The molecule has 0 saturated carbocycles. The molecule has 0 saturated heterocycles. The van der Waals surface area contributed by atoms with Crippen molar-refractivity contribution in [2.24, 2.45) is 0 Å². The molecule has 134 valence electrons. The van der Waals surface area contributed by atoms with Crippen molar-refractivity contribution in [2.75, 3.05) is 0 Å². The zero-order chi connectivity index (χ0) is 16.9. The van der Waals surface area contributed by atoms with E-state index in [1.54, 1.807) is 17.3 Å². The van der Waals surface area contributed by atoms with E-state index in [4.69, 9.17) is 0 Å². The van der Waals surface area contributed by atoms with Crippen molar-refractivity contribution in [3.8, 4) is 0 Å². The quantitative estimate of drug-likeness (QED) is 0.493. The molecule has 2 aromatic heterocycles. The number of nitrogens with zero attached hydrogens (tertiary/aromatic N) is 8. The zero-order valence-corrected chi connectivity index (χ0v) is 14.8. The lowest BCUT2D eigenvalue weighted by atomic mass is 10.0. The maximum Gasteiger partial charge on any atom is 0.138 e. The Morgan fingerprint density at radius 1 is 0.750 bits per heavy atom. The standard InChI is InChI=1S/C16H30N8/c1-2-3-4-5-6-7-8-9-11-16(24-15-18-20-22-24)12-10-13-23-14-17-19-21-23/h14-16H,2-13H2,1H3. The number of hydrogen-bond donors (Lipinski definition) is 0. The highest BCUT2D eigenvalue weighted by atomic mass is 15.5. The third kappa shape index (κ3) is 7.14. The molecule has 0 radical (unpaired) electrons. The first kappa shape index (κ1) is 18.5. The minimum atomic E-state index is 0.372. The highest BCUT2D eigenvalue weighted by molar-refractivity contribution is 4.67. The smallest absolute Gasteiger partial charge is 0.138 e. The topological polar surface area (TPSA) is 87.2 Å². The van der Waals surface area contributed by atoms with Crippen LogP contribution in [-0.2, 0) is 6.54 Å². The number of unbranched alkanes of at least 4 members (excludes halogenated alkanes) is 7. The lowest BCUT2D eigenvalue weighted by molar-refractivity contribution is 0.353.